The molecule has 0 saturated carbocycles. The molecule has 0 saturated heterocycles. The molecule has 1 atom stereocenters. The fourth-order valence-electron chi connectivity index (χ4n) is 1.92. The molecule has 0 bridgehead atoms. The molecule has 0 aliphatic carbocycles. The zero-order chi connectivity index (χ0) is 16.4. The fourth-order valence-corrected chi connectivity index (χ4v) is 6.91. The maximum absolute atomic E-state index is 11.5. The molecule has 1 unspecified atom stereocenters. The average molecular weight is 376 g/mol. The second-order valence-electron chi connectivity index (χ2n) is 4.54. The number of benzene rings is 2. The lowest BCUT2D eigenvalue weighted by molar-refractivity contribution is 0.363. The van der Waals surface area contributed by atoms with Gasteiger partial charge in [-0.3, -0.25) is 4.57 Å². The Balaban J connectivity index is 2.27. The molecule has 118 valence electrons. The molecule has 0 heterocycles. The standard InChI is InChI=1S/C13H14O5P2S2/c14-19(15,16)13(20(17,18)21)10-6-8-12(9-7-10)22-11-4-2-1-3-5-11/h1-9,13H,(H2,14,15,16)(H2,17,18,21). The smallest absolute Gasteiger partial charge is 0.342 e. The summed E-state index contributed by atoms with van der Waals surface area (Å²) in [7, 11) is -4.76. The van der Waals surface area contributed by atoms with Crippen LogP contribution >= 0.6 is 25.8 Å². The predicted molar refractivity (Wildman–Crippen MR) is 90.5 cm³/mol. The summed E-state index contributed by atoms with van der Waals surface area (Å²) in [6.07, 6.45) is 0. The minimum absolute atomic E-state index is 0.124. The van der Waals surface area contributed by atoms with Crippen molar-refractivity contribution in [2.75, 3.05) is 0 Å². The van der Waals surface area contributed by atoms with Crippen molar-refractivity contribution in [3.05, 3.63) is 60.2 Å². The molecule has 22 heavy (non-hydrogen) atoms. The topological polar surface area (TPSA) is 98.0 Å². The molecule has 2 aromatic rings. The molecule has 5 nitrogen and oxygen atoms in total. The van der Waals surface area contributed by atoms with Crippen molar-refractivity contribution in [1.29, 1.82) is 0 Å². The van der Waals surface area contributed by atoms with Gasteiger partial charge < -0.3 is 19.6 Å². The molecule has 0 amide bonds. The van der Waals surface area contributed by atoms with Gasteiger partial charge in [0.2, 0.25) is 6.49 Å². The van der Waals surface area contributed by atoms with Crippen molar-refractivity contribution in [2.45, 2.75) is 15.2 Å². The molecule has 0 aliphatic heterocycles. The van der Waals surface area contributed by atoms with Crippen LogP contribution in [0.25, 0.3) is 0 Å². The first kappa shape index (κ1) is 17.9. The van der Waals surface area contributed by atoms with Crippen molar-refractivity contribution in [3.63, 3.8) is 0 Å². The van der Waals surface area contributed by atoms with Gasteiger partial charge in [0.25, 0.3) is 0 Å². The Kier molecular flexibility index (Phi) is 5.64. The lowest BCUT2D eigenvalue weighted by Crippen LogP contribution is -2.00. The van der Waals surface area contributed by atoms with E-state index in [-0.39, 0.29) is 5.56 Å². The van der Waals surface area contributed by atoms with E-state index in [1.807, 2.05) is 30.3 Å². The van der Waals surface area contributed by atoms with Crippen LogP contribution < -0.4 is 0 Å². The first-order valence-electron chi connectivity index (χ1n) is 6.11. The molecule has 0 radical (unpaired) electrons. The van der Waals surface area contributed by atoms with Gasteiger partial charge in [-0.1, -0.05) is 42.1 Å². The third-order valence-corrected chi connectivity index (χ3v) is 8.65. The SMILES string of the molecule is O=P(O)(O)C(c1ccc(Sc2ccccc2)cc1)P(O)(O)=S. The lowest BCUT2D eigenvalue weighted by atomic mass is 10.2. The average Bonchev–Trinajstić information content (AvgIpc) is 2.39. The van der Waals surface area contributed by atoms with Gasteiger partial charge in [-0.25, -0.2) is 0 Å². The Labute approximate surface area is 137 Å². The van der Waals surface area contributed by atoms with Gasteiger partial charge in [0, 0.05) is 9.79 Å². The second-order valence-corrected chi connectivity index (χ2v) is 11.1. The van der Waals surface area contributed by atoms with E-state index < -0.39 is 19.5 Å². The number of rotatable bonds is 5. The van der Waals surface area contributed by atoms with Crippen LogP contribution in [0.4, 0.5) is 0 Å². The van der Waals surface area contributed by atoms with E-state index in [9.17, 15) is 24.1 Å². The first-order chi connectivity index (χ1) is 10.2. The molecule has 9 heteroatoms. The van der Waals surface area contributed by atoms with Crippen molar-refractivity contribution in [2.24, 2.45) is 0 Å². The molecule has 0 aliphatic rings. The van der Waals surface area contributed by atoms with Crippen molar-refractivity contribution < 1.29 is 24.1 Å². The third-order valence-electron chi connectivity index (χ3n) is 2.79. The van der Waals surface area contributed by atoms with E-state index >= 15 is 0 Å². The summed E-state index contributed by atoms with van der Waals surface area (Å²) >= 11 is 5.99. The summed E-state index contributed by atoms with van der Waals surface area (Å²) in [5.41, 5.74) is 0.124. The Morgan fingerprint density at radius 1 is 0.864 bits per heavy atom. The molecule has 4 N–H and O–H groups in total. The number of hydrogen-bond donors (Lipinski definition) is 4. The minimum atomic E-state index is -4.76. The van der Waals surface area contributed by atoms with E-state index in [1.165, 1.54) is 23.9 Å². The Morgan fingerprint density at radius 2 is 1.36 bits per heavy atom. The summed E-state index contributed by atoms with van der Waals surface area (Å²) in [5.74, 6) is 0. The largest absolute Gasteiger partial charge is 0.344 e. The van der Waals surface area contributed by atoms with Crippen LogP contribution in [0.2, 0.25) is 0 Å². The van der Waals surface area contributed by atoms with Crippen LogP contribution in [0.3, 0.4) is 0 Å². The van der Waals surface area contributed by atoms with Gasteiger partial charge in [0.05, 0.1) is 0 Å². The maximum atomic E-state index is 11.5. The molecule has 0 fully saturated rings. The highest BCUT2D eigenvalue weighted by atomic mass is 32.5. The van der Waals surface area contributed by atoms with Crippen molar-refractivity contribution in [3.8, 4) is 0 Å². The molecular weight excluding hydrogens is 362 g/mol. The summed E-state index contributed by atoms with van der Waals surface area (Å²) in [4.78, 5) is 39.6. The van der Waals surface area contributed by atoms with Gasteiger partial charge in [-0.2, -0.15) is 0 Å². The van der Waals surface area contributed by atoms with Gasteiger partial charge in [-0.15, -0.1) is 0 Å². The van der Waals surface area contributed by atoms with Gasteiger partial charge in [0.1, 0.15) is 0 Å². The van der Waals surface area contributed by atoms with E-state index in [0.717, 1.165) is 9.79 Å². The van der Waals surface area contributed by atoms with E-state index in [2.05, 4.69) is 11.8 Å². The van der Waals surface area contributed by atoms with Crippen molar-refractivity contribution in [1.82, 2.24) is 0 Å². The fraction of sp³-hybridized carbons (Fsp3) is 0.0769. The van der Waals surface area contributed by atoms with Crippen LogP contribution in [0.15, 0.2) is 64.4 Å². The van der Waals surface area contributed by atoms with Crippen LogP contribution in [-0.2, 0) is 16.4 Å². The third kappa shape index (κ3) is 4.75. The lowest BCUT2D eigenvalue weighted by Gasteiger charge is -2.22. The molecule has 2 aromatic carbocycles. The molecule has 2 rings (SSSR count). The van der Waals surface area contributed by atoms with Crippen LogP contribution in [0, 0.1) is 0 Å². The Morgan fingerprint density at radius 3 is 1.82 bits per heavy atom. The van der Waals surface area contributed by atoms with E-state index in [4.69, 9.17) is 0 Å². The molecular formula is C13H14O5P2S2. The Hall–Kier alpha value is -0.490. The highest BCUT2D eigenvalue weighted by molar-refractivity contribution is 8.11. The van der Waals surface area contributed by atoms with Gasteiger partial charge in [0.15, 0.2) is 5.40 Å². The van der Waals surface area contributed by atoms with Gasteiger partial charge in [-0.05, 0) is 41.6 Å². The summed E-state index contributed by atoms with van der Waals surface area (Å²) in [6, 6.07) is 15.9. The highest BCUT2D eigenvalue weighted by Gasteiger charge is 2.41. The monoisotopic (exact) mass is 376 g/mol. The van der Waals surface area contributed by atoms with Gasteiger partial charge >= 0.3 is 7.60 Å². The summed E-state index contributed by atoms with van der Waals surface area (Å²) in [5, 5.41) is -1.76. The number of hydrogen-bond acceptors (Lipinski definition) is 3. The van der Waals surface area contributed by atoms with Crippen LogP contribution in [-0.4, -0.2) is 19.6 Å². The normalized spacial score (nSPS) is 13.8. The maximum Gasteiger partial charge on any atom is 0.342 e. The zero-order valence-corrected chi connectivity index (χ0v) is 14.6. The molecule has 0 aromatic heterocycles. The Bertz CT molecular complexity index is 702. The van der Waals surface area contributed by atoms with E-state index in [0.29, 0.717) is 0 Å². The van der Waals surface area contributed by atoms with Crippen LogP contribution in [0.1, 0.15) is 11.0 Å². The van der Waals surface area contributed by atoms with Crippen LogP contribution in [0.5, 0.6) is 0 Å². The van der Waals surface area contributed by atoms with E-state index in [1.54, 1.807) is 12.1 Å². The zero-order valence-electron chi connectivity index (χ0n) is 11.2. The second kappa shape index (κ2) is 6.95. The quantitative estimate of drug-likeness (QED) is 0.595. The summed E-state index contributed by atoms with van der Waals surface area (Å²) < 4.78 is 11.5. The van der Waals surface area contributed by atoms with Crippen molar-refractivity contribution >= 4 is 37.7 Å². The molecule has 0 spiro atoms. The predicted octanol–water partition coefficient (Wildman–Crippen LogP) is 3.31. The minimum Gasteiger partial charge on any atom is -0.344 e. The first-order valence-corrected chi connectivity index (χ1v) is 11.4. The summed E-state index contributed by atoms with van der Waals surface area (Å²) in [6.45, 7) is -4.14. The highest BCUT2D eigenvalue weighted by Crippen LogP contribution is 2.70.